The number of hydrogen-bond acceptors (Lipinski definition) is 5. The number of rotatable bonds is 11. The normalized spacial score (nSPS) is 11.8. The summed E-state index contributed by atoms with van der Waals surface area (Å²) >= 11 is 1.44. The molecule has 4 aromatic rings. The number of thioether (sulfide) groups is 1. The van der Waals surface area contributed by atoms with E-state index in [2.05, 4.69) is 16.0 Å². The van der Waals surface area contributed by atoms with Crippen molar-refractivity contribution in [1.82, 2.24) is 5.32 Å². The average Bonchev–Trinajstić information content (AvgIpc) is 3.02. The zero-order valence-corrected chi connectivity index (χ0v) is 26.5. The Hall–Kier alpha value is -4.82. The van der Waals surface area contributed by atoms with E-state index in [1.54, 1.807) is 36.4 Å². The third-order valence-electron chi connectivity index (χ3n) is 7.15. The highest BCUT2D eigenvalue weighted by Gasteiger charge is 2.20. The summed E-state index contributed by atoms with van der Waals surface area (Å²) in [6.07, 6.45) is 2.28. The highest BCUT2D eigenvalue weighted by molar-refractivity contribution is 8.00. The first kappa shape index (κ1) is 32.1. The van der Waals surface area contributed by atoms with Crippen molar-refractivity contribution < 1.29 is 14.4 Å². The summed E-state index contributed by atoms with van der Waals surface area (Å²) in [5, 5.41) is 8.44. The van der Waals surface area contributed by atoms with Gasteiger partial charge in [0.05, 0.1) is 5.25 Å². The van der Waals surface area contributed by atoms with Gasteiger partial charge in [-0.1, -0.05) is 55.5 Å². The molecule has 226 valence electrons. The summed E-state index contributed by atoms with van der Waals surface area (Å²) in [6.45, 7) is 5.99. The first-order valence-corrected chi connectivity index (χ1v) is 15.3. The van der Waals surface area contributed by atoms with Gasteiger partial charge in [0, 0.05) is 41.6 Å². The number of carbonyl (C=O) groups is 3. The van der Waals surface area contributed by atoms with E-state index in [9.17, 15) is 14.4 Å². The number of hydrogen-bond donors (Lipinski definition) is 3. The van der Waals surface area contributed by atoms with Crippen LogP contribution < -0.4 is 20.9 Å². The number of carbonyl (C=O) groups excluding carboxylic acids is 3. The summed E-state index contributed by atoms with van der Waals surface area (Å²) in [4.78, 5) is 42.5. The molecule has 4 aromatic carbocycles. The quantitative estimate of drug-likeness (QED) is 0.123. The Balaban J connectivity index is 1.52. The maximum atomic E-state index is 13.5. The van der Waals surface area contributed by atoms with E-state index < -0.39 is 5.91 Å². The van der Waals surface area contributed by atoms with Crippen molar-refractivity contribution >= 4 is 52.6 Å². The molecular formula is C36H38N4O3S. The zero-order chi connectivity index (χ0) is 31.6. The van der Waals surface area contributed by atoms with Crippen LogP contribution in [-0.2, 0) is 9.59 Å². The van der Waals surface area contributed by atoms with Crippen LogP contribution in [-0.4, -0.2) is 37.1 Å². The van der Waals surface area contributed by atoms with Crippen LogP contribution in [0.2, 0.25) is 0 Å². The Morgan fingerprint density at radius 1 is 0.841 bits per heavy atom. The molecule has 1 unspecified atom stereocenters. The Morgan fingerprint density at radius 2 is 1.55 bits per heavy atom. The van der Waals surface area contributed by atoms with E-state index in [1.807, 2.05) is 106 Å². The second-order valence-corrected chi connectivity index (χ2v) is 11.9. The second kappa shape index (κ2) is 15.1. The number of nitrogens with zero attached hydrogens (tertiary/aromatic N) is 1. The third-order valence-corrected chi connectivity index (χ3v) is 8.50. The summed E-state index contributed by atoms with van der Waals surface area (Å²) in [5.41, 5.74) is 5.85. The summed E-state index contributed by atoms with van der Waals surface area (Å²) in [6, 6.07) is 29.6. The standard InChI is InChI=1S/C36H38N4O3S/c1-6-33(36(43)38-31-17-10-12-24(2)25(31)3)44-30-16-11-15-28(23-30)37-35(42)32(39-34(41)27-13-8-7-9-14-27)22-26-18-20-29(21-19-26)40(4)5/h7-23,33H,6H2,1-5H3,(H,37,42)(H,38,43)(H,39,41)/b32-22+. The third kappa shape index (κ3) is 8.61. The van der Waals surface area contributed by atoms with Gasteiger partial charge in [-0.15, -0.1) is 11.8 Å². The van der Waals surface area contributed by atoms with Crippen molar-refractivity contribution in [2.75, 3.05) is 29.6 Å². The van der Waals surface area contributed by atoms with E-state index in [1.165, 1.54) is 11.8 Å². The molecule has 0 aromatic heterocycles. The number of aryl methyl sites for hydroxylation is 1. The molecule has 0 saturated heterocycles. The zero-order valence-electron chi connectivity index (χ0n) is 25.7. The minimum Gasteiger partial charge on any atom is -0.378 e. The lowest BCUT2D eigenvalue weighted by Gasteiger charge is -2.17. The lowest BCUT2D eigenvalue weighted by Crippen LogP contribution is -2.30. The summed E-state index contributed by atoms with van der Waals surface area (Å²) in [7, 11) is 3.91. The minimum absolute atomic E-state index is 0.0743. The lowest BCUT2D eigenvalue weighted by molar-refractivity contribution is -0.116. The molecule has 44 heavy (non-hydrogen) atoms. The Kier molecular flexibility index (Phi) is 11.0. The van der Waals surface area contributed by atoms with Crippen molar-refractivity contribution in [3.05, 3.63) is 125 Å². The van der Waals surface area contributed by atoms with E-state index in [0.717, 1.165) is 33.0 Å². The molecule has 7 nitrogen and oxygen atoms in total. The van der Waals surface area contributed by atoms with Crippen molar-refractivity contribution in [3.8, 4) is 0 Å². The number of nitrogens with one attached hydrogen (secondary N) is 3. The number of benzene rings is 4. The van der Waals surface area contributed by atoms with Gasteiger partial charge in [0.2, 0.25) is 5.91 Å². The monoisotopic (exact) mass is 606 g/mol. The van der Waals surface area contributed by atoms with Crippen molar-refractivity contribution in [3.63, 3.8) is 0 Å². The molecule has 3 N–H and O–H groups in total. The van der Waals surface area contributed by atoms with Gasteiger partial charge in [-0.3, -0.25) is 14.4 Å². The van der Waals surface area contributed by atoms with Crippen molar-refractivity contribution in [2.45, 2.75) is 37.3 Å². The van der Waals surface area contributed by atoms with Crippen LogP contribution in [0.3, 0.4) is 0 Å². The molecule has 1 atom stereocenters. The molecule has 0 saturated carbocycles. The molecule has 0 spiro atoms. The second-order valence-electron chi connectivity index (χ2n) is 10.6. The summed E-state index contributed by atoms with van der Waals surface area (Å²) in [5.74, 6) is -0.926. The predicted molar refractivity (Wildman–Crippen MR) is 182 cm³/mol. The molecule has 4 rings (SSSR count). The van der Waals surface area contributed by atoms with Gasteiger partial charge in [-0.05, 0) is 91.6 Å². The van der Waals surface area contributed by atoms with Crippen LogP contribution in [0.4, 0.5) is 17.1 Å². The fraction of sp³-hybridized carbons (Fsp3) is 0.194. The van der Waals surface area contributed by atoms with Crippen LogP contribution in [0, 0.1) is 13.8 Å². The fourth-order valence-corrected chi connectivity index (χ4v) is 5.42. The highest BCUT2D eigenvalue weighted by atomic mass is 32.2. The van der Waals surface area contributed by atoms with Gasteiger partial charge in [0.1, 0.15) is 5.70 Å². The topological polar surface area (TPSA) is 90.5 Å². The van der Waals surface area contributed by atoms with Crippen molar-refractivity contribution in [1.29, 1.82) is 0 Å². The molecule has 0 aliphatic carbocycles. The maximum absolute atomic E-state index is 13.5. The Bertz CT molecular complexity index is 1650. The number of amides is 3. The van der Waals surface area contributed by atoms with Gasteiger partial charge >= 0.3 is 0 Å². The molecule has 0 aliphatic heterocycles. The Labute approximate surface area is 263 Å². The predicted octanol–water partition coefficient (Wildman–Crippen LogP) is 7.29. The average molecular weight is 607 g/mol. The summed E-state index contributed by atoms with van der Waals surface area (Å²) < 4.78 is 0. The molecule has 3 amide bonds. The molecule has 0 aliphatic rings. The SMILES string of the molecule is CCC(Sc1cccc(NC(=O)/C(=C\c2ccc(N(C)C)cc2)NC(=O)c2ccccc2)c1)C(=O)Nc1cccc(C)c1C. The molecule has 0 fully saturated rings. The molecule has 0 bridgehead atoms. The minimum atomic E-state index is -0.465. The van der Waals surface area contributed by atoms with Crippen LogP contribution in [0.25, 0.3) is 6.08 Å². The van der Waals surface area contributed by atoms with Crippen molar-refractivity contribution in [2.24, 2.45) is 0 Å². The number of anilines is 3. The molecule has 8 heteroatoms. The van der Waals surface area contributed by atoms with Crippen LogP contribution in [0.15, 0.2) is 108 Å². The van der Waals surface area contributed by atoms with E-state index in [4.69, 9.17) is 0 Å². The first-order chi connectivity index (χ1) is 21.1. The van der Waals surface area contributed by atoms with Gasteiger partial charge in [0.15, 0.2) is 0 Å². The first-order valence-electron chi connectivity index (χ1n) is 14.4. The van der Waals surface area contributed by atoms with E-state index in [-0.39, 0.29) is 22.8 Å². The molecular weight excluding hydrogens is 568 g/mol. The van der Waals surface area contributed by atoms with E-state index >= 15 is 0 Å². The van der Waals surface area contributed by atoms with Gasteiger partial charge in [0.25, 0.3) is 11.8 Å². The van der Waals surface area contributed by atoms with E-state index in [0.29, 0.717) is 17.7 Å². The lowest BCUT2D eigenvalue weighted by atomic mass is 10.1. The highest BCUT2D eigenvalue weighted by Crippen LogP contribution is 2.29. The fourth-order valence-electron chi connectivity index (χ4n) is 4.41. The van der Waals surface area contributed by atoms with Crippen LogP contribution >= 0.6 is 11.8 Å². The molecule has 0 radical (unpaired) electrons. The largest absolute Gasteiger partial charge is 0.378 e. The van der Waals surface area contributed by atoms with Gasteiger partial charge in [-0.2, -0.15) is 0 Å². The smallest absolute Gasteiger partial charge is 0.272 e. The molecule has 0 heterocycles. The maximum Gasteiger partial charge on any atom is 0.272 e. The Morgan fingerprint density at radius 3 is 2.23 bits per heavy atom. The van der Waals surface area contributed by atoms with Gasteiger partial charge in [-0.25, -0.2) is 0 Å². The van der Waals surface area contributed by atoms with Gasteiger partial charge < -0.3 is 20.9 Å². The van der Waals surface area contributed by atoms with Crippen LogP contribution in [0.5, 0.6) is 0 Å². The van der Waals surface area contributed by atoms with Crippen LogP contribution in [0.1, 0.15) is 40.4 Å².